The Hall–Kier alpha value is -2.29. The summed E-state index contributed by atoms with van der Waals surface area (Å²) in [5.41, 5.74) is 8.53. The van der Waals surface area contributed by atoms with E-state index in [1.165, 1.54) is 0 Å². The number of nitrogens with two attached hydrogens (primary N) is 1. The summed E-state index contributed by atoms with van der Waals surface area (Å²) in [6.07, 6.45) is 5.87. The van der Waals surface area contributed by atoms with E-state index in [0.717, 1.165) is 63.1 Å². The van der Waals surface area contributed by atoms with Crippen LogP contribution in [0.4, 0.5) is 0 Å². The minimum Gasteiger partial charge on any atom is -0.341 e. The summed E-state index contributed by atoms with van der Waals surface area (Å²) < 4.78 is 20.9. The second-order valence-corrected chi connectivity index (χ2v) is 10.5. The molecule has 4 fully saturated rings. The van der Waals surface area contributed by atoms with Crippen LogP contribution in [0.2, 0.25) is 0 Å². The van der Waals surface area contributed by atoms with Crippen LogP contribution in [0.3, 0.4) is 0 Å². The number of aromatic nitrogens is 4. The van der Waals surface area contributed by atoms with Crippen LogP contribution in [0.5, 0.6) is 0 Å². The van der Waals surface area contributed by atoms with E-state index in [-0.39, 0.29) is 12.2 Å². The Balaban J connectivity index is 1.32. The van der Waals surface area contributed by atoms with E-state index in [9.17, 15) is 0 Å². The molecule has 3 aliphatic heterocycles. The molecule has 10 nitrogen and oxygen atoms in total. The first-order chi connectivity index (χ1) is 16.3. The van der Waals surface area contributed by atoms with Crippen LogP contribution >= 0.6 is 0 Å². The Labute approximate surface area is 199 Å². The molecule has 0 bridgehead atoms. The Morgan fingerprint density at radius 1 is 1.03 bits per heavy atom. The lowest BCUT2D eigenvalue weighted by molar-refractivity contribution is -0.190. The third-order valence-electron chi connectivity index (χ3n) is 7.50. The quantitative estimate of drug-likeness (QED) is 0.652. The Kier molecular flexibility index (Phi) is 5.31. The monoisotopic (exact) mass is 467 g/mol. The molecule has 2 N–H and O–H groups in total. The normalized spacial score (nSPS) is 32.6. The van der Waals surface area contributed by atoms with E-state index in [0.29, 0.717) is 5.65 Å². The lowest BCUT2D eigenvalue weighted by Gasteiger charge is -2.29. The van der Waals surface area contributed by atoms with Gasteiger partial charge in [-0.05, 0) is 39.7 Å². The van der Waals surface area contributed by atoms with Crippen molar-refractivity contribution < 1.29 is 14.2 Å². The fourth-order valence-corrected chi connectivity index (χ4v) is 5.64. The molecule has 2 aromatic heterocycles. The maximum absolute atomic E-state index is 6.73. The van der Waals surface area contributed by atoms with Crippen LogP contribution in [0.15, 0.2) is 12.7 Å². The molecular weight excluding hydrogens is 434 g/mol. The number of likely N-dealkylation sites (N-methyl/N-ethyl adjacent to an activating group) is 1. The second-order valence-electron chi connectivity index (χ2n) is 10.5. The van der Waals surface area contributed by atoms with Gasteiger partial charge in [-0.15, -0.1) is 0 Å². The van der Waals surface area contributed by atoms with Gasteiger partial charge in [-0.2, -0.15) is 0 Å². The summed E-state index contributed by atoms with van der Waals surface area (Å²) in [6, 6.07) is 3.31. The van der Waals surface area contributed by atoms with Gasteiger partial charge < -0.3 is 29.7 Å². The maximum Gasteiger partial charge on any atom is 0.167 e. The van der Waals surface area contributed by atoms with Crippen molar-refractivity contribution in [3.63, 3.8) is 0 Å². The van der Waals surface area contributed by atoms with Gasteiger partial charge in [0.25, 0.3) is 0 Å². The first-order valence-electron chi connectivity index (χ1n) is 12.3. The zero-order valence-corrected chi connectivity index (χ0v) is 20.1. The fourth-order valence-electron chi connectivity index (χ4n) is 5.64. The minimum atomic E-state index is -0.715. The second kappa shape index (κ2) is 8.14. The van der Waals surface area contributed by atoms with Gasteiger partial charge in [-0.1, -0.05) is 12.8 Å². The van der Waals surface area contributed by atoms with Gasteiger partial charge in [0.2, 0.25) is 0 Å². The van der Waals surface area contributed by atoms with E-state index >= 15 is 0 Å². The number of hydrogen-bond acceptors (Lipinski definition) is 9. The molecule has 1 aliphatic carbocycles. The summed E-state index contributed by atoms with van der Waals surface area (Å²) in [5, 5.41) is 0. The smallest absolute Gasteiger partial charge is 0.167 e. The summed E-state index contributed by atoms with van der Waals surface area (Å²) in [7, 11) is 2.13. The molecule has 4 aliphatic rings. The number of piperazine rings is 1. The van der Waals surface area contributed by atoms with Gasteiger partial charge >= 0.3 is 0 Å². The third kappa shape index (κ3) is 3.76. The van der Waals surface area contributed by atoms with Crippen molar-refractivity contribution in [1.29, 1.82) is 0 Å². The molecule has 3 saturated heterocycles. The lowest BCUT2D eigenvalue weighted by Crippen LogP contribution is -2.42. The predicted molar refractivity (Wildman–Crippen MR) is 124 cm³/mol. The van der Waals surface area contributed by atoms with E-state index < -0.39 is 23.7 Å². The maximum atomic E-state index is 6.73. The van der Waals surface area contributed by atoms with Crippen LogP contribution in [0.25, 0.3) is 11.2 Å². The first-order valence-corrected chi connectivity index (χ1v) is 12.3. The van der Waals surface area contributed by atoms with E-state index in [1.54, 1.807) is 12.7 Å². The van der Waals surface area contributed by atoms with Crippen LogP contribution in [-0.2, 0) is 19.7 Å². The van der Waals surface area contributed by atoms with E-state index in [1.807, 2.05) is 18.4 Å². The topological polar surface area (TPSA) is 104 Å². The zero-order chi connectivity index (χ0) is 23.5. The molecule has 2 aromatic rings. The van der Waals surface area contributed by atoms with E-state index in [2.05, 4.69) is 43.8 Å². The largest absolute Gasteiger partial charge is 0.341 e. The average Bonchev–Trinajstić information content (AvgIpc) is 3.57. The molecule has 0 spiro atoms. The summed E-state index contributed by atoms with van der Waals surface area (Å²) >= 11 is 0. The van der Waals surface area contributed by atoms with Gasteiger partial charge in [-0.3, -0.25) is 4.57 Å². The number of ether oxygens (including phenoxy) is 3. The number of hydrogen-bond donors (Lipinski definition) is 1. The highest BCUT2D eigenvalue weighted by atomic mass is 16.8. The summed E-state index contributed by atoms with van der Waals surface area (Å²) in [4.78, 5) is 18.3. The van der Waals surface area contributed by atoms with Crippen molar-refractivity contribution in [2.45, 2.75) is 75.4 Å². The predicted octanol–water partition coefficient (Wildman–Crippen LogP) is 1.18. The average molecular weight is 468 g/mol. The standard InChI is InChI=1S/C24H33N7O3/c1-23(2)33-18-16(6-9-30-12-10-29(3)11-13-30)32-22(19(18)34-23)31-15-28-17-20(26-14-27-21(17)31)24(25)7-4-5-8-24/h14-16,18-19,22H,4-5,7-8,10-13,25H2,1-3H3/t16-,18-,19-,22-/m1/s1. The van der Waals surface area contributed by atoms with Crippen molar-refractivity contribution in [1.82, 2.24) is 29.3 Å². The lowest BCUT2D eigenvalue weighted by atomic mass is 9.94. The molecule has 0 amide bonds. The number of nitrogens with zero attached hydrogens (tertiary/aromatic N) is 6. The zero-order valence-electron chi connectivity index (χ0n) is 20.1. The van der Waals surface area contributed by atoms with Crippen molar-refractivity contribution in [3.8, 4) is 12.0 Å². The Bertz CT molecular complexity index is 1120. The van der Waals surface area contributed by atoms with Crippen LogP contribution < -0.4 is 5.73 Å². The molecule has 182 valence electrons. The fraction of sp³-hybridized carbons (Fsp3) is 0.708. The van der Waals surface area contributed by atoms with Gasteiger partial charge in [0, 0.05) is 32.2 Å². The van der Waals surface area contributed by atoms with Crippen LogP contribution in [0, 0.1) is 12.0 Å². The minimum absolute atomic E-state index is 0.297. The van der Waals surface area contributed by atoms with Crippen molar-refractivity contribution in [2.24, 2.45) is 5.73 Å². The van der Waals surface area contributed by atoms with Gasteiger partial charge in [-0.25, -0.2) is 15.0 Å². The van der Waals surface area contributed by atoms with Crippen LogP contribution in [-0.4, -0.2) is 86.6 Å². The third-order valence-corrected chi connectivity index (χ3v) is 7.50. The SMILES string of the molecule is CN1CCN(C#C[C@H]2O[C@@H](n3cnc4c(C5(N)CCCC5)ncnc43)[C@@H]3OC(C)(C)O[C@@H]32)CC1. The number of fused-ring (bicyclic) bond motifs is 2. The number of rotatable bonds is 2. The first kappa shape index (κ1) is 22.2. The highest BCUT2D eigenvalue weighted by Gasteiger charge is 2.56. The molecule has 0 unspecified atom stereocenters. The molecular formula is C24H33N7O3. The van der Waals surface area contributed by atoms with Crippen molar-refractivity contribution >= 4 is 11.2 Å². The molecule has 34 heavy (non-hydrogen) atoms. The van der Waals surface area contributed by atoms with Gasteiger partial charge in [0.15, 0.2) is 23.8 Å². The Morgan fingerprint density at radius 2 is 1.76 bits per heavy atom. The van der Waals surface area contributed by atoms with Crippen LogP contribution in [0.1, 0.15) is 51.5 Å². The van der Waals surface area contributed by atoms with Gasteiger partial charge in [0.05, 0.1) is 17.6 Å². The summed E-state index contributed by atoms with van der Waals surface area (Å²) in [6.45, 7) is 7.71. The molecule has 0 aromatic carbocycles. The van der Waals surface area contributed by atoms with Crippen molar-refractivity contribution in [2.75, 3.05) is 33.2 Å². The Morgan fingerprint density at radius 3 is 2.53 bits per heavy atom. The summed E-state index contributed by atoms with van der Waals surface area (Å²) in [5.74, 6) is 2.61. The highest BCUT2D eigenvalue weighted by Crippen LogP contribution is 2.44. The molecule has 1 saturated carbocycles. The molecule has 10 heteroatoms. The molecule has 6 rings (SSSR count). The van der Waals surface area contributed by atoms with E-state index in [4.69, 9.17) is 19.9 Å². The number of imidazole rings is 1. The van der Waals surface area contributed by atoms with Gasteiger partial charge in [0.1, 0.15) is 24.1 Å². The molecule has 0 radical (unpaired) electrons. The van der Waals surface area contributed by atoms with Crippen molar-refractivity contribution in [3.05, 3.63) is 18.3 Å². The molecule has 4 atom stereocenters. The molecule has 5 heterocycles. The highest BCUT2D eigenvalue weighted by molar-refractivity contribution is 5.74.